The van der Waals surface area contributed by atoms with E-state index in [0.29, 0.717) is 82.8 Å². The Bertz CT molecular complexity index is 4210. The van der Waals surface area contributed by atoms with Gasteiger partial charge in [0.25, 0.3) is 10.1 Å². The normalized spacial score (nSPS) is 21.1. The number of hydrogen-bond donors (Lipinski definition) is 11. The molecule has 6 fully saturated rings. The number of amides is 7. The number of likely N-dealkylation sites (tertiary alicyclic amines) is 6. The number of hydrogen-bond acceptors (Lipinski definition) is 27. The molecule has 13 atom stereocenters. The van der Waals surface area contributed by atoms with Gasteiger partial charge in [-0.05, 0) is 59.7 Å². The first-order valence-electron chi connectivity index (χ1n) is 42.4. The summed E-state index contributed by atoms with van der Waals surface area (Å²) in [6.45, 7) is 11.8. The van der Waals surface area contributed by atoms with Crippen LogP contribution in [0.15, 0.2) is 212 Å². The molecule has 0 aromatic heterocycles. The van der Waals surface area contributed by atoms with Gasteiger partial charge in [0.15, 0.2) is 6.10 Å². The van der Waals surface area contributed by atoms with Gasteiger partial charge in [-0.1, -0.05) is 212 Å². The molecule has 13 rings (SSSR count). The monoisotopic (exact) mass is 1940 g/mol. The van der Waals surface area contributed by atoms with Crippen molar-refractivity contribution in [1.82, 2.24) is 34.7 Å². The van der Waals surface area contributed by atoms with E-state index in [1.54, 1.807) is 75.6 Å². The highest BCUT2D eigenvalue weighted by molar-refractivity contribution is 7.86. The van der Waals surface area contributed by atoms with E-state index in [0.717, 1.165) is 39.6 Å². The highest BCUT2D eigenvalue weighted by atomic mass is 35.5. The average Bonchev–Trinajstić information content (AvgIpc) is 1.64. The second kappa shape index (κ2) is 58.6. The molecule has 0 bridgehead atoms. The molecule has 6 saturated heterocycles. The predicted octanol–water partition coefficient (Wildman–Crippen LogP) is 9.14. The van der Waals surface area contributed by atoms with Crippen molar-refractivity contribution in [3.63, 3.8) is 0 Å². The number of alkyl halides is 2. The fourth-order valence-electron chi connectivity index (χ4n) is 13.8. The molecule has 0 saturated carbocycles. The van der Waals surface area contributed by atoms with Gasteiger partial charge in [-0.15, -0.1) is 48.0 Å². The van der Waals surface area contributed by atoms with Gasteiger partial charge in [-0.2, -0.15) is 8.42 Å². The first kappa shape index (κ1) is 112. The number of rotatable bonds is 23. The number of nitrogens with zero attached hydrogens (tertiary/aromatic N) is 6. The number of alkyl carbamates (subject to hydrolysis) is 1. The van der Waals surface area contributed by atoms with Crippen LogP contribution in [0.4, 0.5) is 33.6 Å². The number of carbonyl (C=O) groups excluding carboxylic acids is 7. The highest BCUT2D eigenvalue weighted by Gasteiger charge is 2.41. The molecule has 6 aliphatic heterocycles. The van der Waals surface area contributed by atoms with E-state index in [1.807, 2.05) is 182 Å². The lowest BCUT2D eigenvalue weighted by molar-refractivity contribution is -0.147. The van der Waals surface area contributed by atoms with Crippen LogP contribution in [0.1, 0.15) is 65.8 Å². The number of benzene rings is 7. The number of carboxylic acids is 1. The van der Waals surface area contributed by atoms with Crippen molar-refractivity contribution in [3.05, 3.63) is 251 Å². The van der Waals surface area contributed by atoms with Gasteiger partial charge >= 0.3 is 48.6 Å². The Hall–Kier alpha value is -10.4. The maximum Gasteiger partial charge on any atom is 0.410 e. The third-order valence-electron chi connectivity index (χ3n) is 21.3. The molecule has 16 N–H and O–H groups in total. The van der Waals surface area contributed by atoms with E-state index in [-0.39, 0.29) is 194 Å². The van der Waals surface area contributed by atoms with Crippen LogP contribution in [0.5, 0.6) is 0 Å². The Labute approximate surface area is 793 Å². The van der Waals surface area contributed by atoms with Crippen LogP contribution in [0.25, 0.3) is 0 Å². The smallest absolute Gasteiger partial charge is 0.410 e. The van der Waals surface area contributed by atoms with Crippen LogP contribution in [0, 0.1) is 35.5 Å². The van der Waals surface area contributed by atoms with Gasteiger partial charge in [-0.25, -0.2) is 38.4 Å². The molecule has 0 radical (unpaired) electrons. The summed E-state index contributed by atoms with van der Waals surface area (Å²) in [5.74, 6) is -0.518. The van der Waals surface area contributed by atoms with Crippen LogP contribution in [0.2, 0.25) is 0 Å². The van der Waals surface area contributed by atoms with Crippen LogP contribution in [0.3, 0.4) is 0 Å². The summed E-state index contributed by atoms with van der Waals surface area (Å²) >= 11 is 11.6. The molecular weight excluding hydrogens is 1810 g/mol. The number of carbonyl (C=O) groups is 8. The summed E-state index contributed by atoms with van der Waals surface area (Å²) in [6, 6.07) is 64.1. The van der Waals surface area contributed by atoms with Crippen molar-refractivity contribution in [1.29, 1.82) is 0 Å². The summed E-state index contributed by atoms with van der Waals surface area (Å²) in [5.41, 5.74) is 34.6. The van der Waals surface area contributed by atoms with Gasteiger partial charge in [-0.3, -0.25) is 4.18 Å². The quantitative estimate of drug-likeness (QED) is 0.0161. The lowest BCUT2D eigenvalue weighted by atomic mass is 10.1. The number of halogens is 4. The molecule has 0 spiro atoms. The van der Waals surface area contributed by atoms with Gasteiger partial charge in [0.05, 0.1) is 18.9 Å². The summed E-state index contributed by atoms with van der Waals surface area (Å²) in [6.07, 6.45) is -3.40. The third kappa shape index (κ3) is 40.2. The fourth-order valence-corrected chi connectivity index (χ4v) is 14.9. The van der Waals surface area contributed by atoms with Crippen molar-refractivity contribution >= 4 is 107 Å². The first-order chi connectivity index (χ1) is 62.2. The molecule has 2 unspecified atom stereocenters. The number of nitrogens with two attached hydrogens (primary N) is 5. The van der Waals surface area contributed by atoms with Crippen molar-refractivity contribution in [3.8, 4) is 0 Å². The van der Waals surface area contributed by atoms with Crippen molar-refractivity contribution < 1.29 is 110 Å². The minimum absolute atomic E-state index is 0. The predicted molar refractivity (Wildman–Crippen MR) is 500 cm³/mol. The van der Waals surface area contributed by atoms with Gasteiger partial charge in [0, 0.05) is 176 Å². The molecule has 6 aliphatic rings. The standard InChI is InChI=1S/C19H28N2O7S.2C13H17ClN2O2.3C13H18N2O3.C8H8O3.2ClH/c1-19(2,3)28-17(22)20-16-11-21(10-15(16)13-27-29(4,24)25)18(23)26-12-14-8-6-5-7-9-14;2*14-6-11-7-16(8-12(11)15)13(17)18-9-10-4-2-1-3-5-10;3*14-12-7-15(6-11(12)8-16)13(17)18-9-10-4-2-1-3-5-10;9-7(8(10)11)6-4-2-1-3-5-6;;/h5-9,15-16H,10-13H2,1-4H3,(H,20,22);2*1-5,11-12H,6-9,15H2;3*1-5,11-12,16H,6-9,14H2;1-5,7,9H,(H,10,11);2*1H/t15-,16-;2*11-,12+;2*11-,12-;;7-;;/m10011.0../s1. The number of aliphatic hydroxyl groups excluding tert-OH is 4. The summed E-state index contributed by atoms with van der Waals surface area (Å²) in [4.78, 5) is 103. The van der Waals surface area contributed by atoms with Crippen molar-refractivity contribution in [2.45, 2.75) is 108 Å². The number of aliphatic carboxylic acids is 1. The van der Waals surface area contributed by atoms with E-state index in [4.69, 9.17) is 115 Å². The maximum absolute atomic E-state index is 12.4. The molecule has 6 heterocycles. The number of carboxylic acid groups (broad SMARTS) is 1. The van der Waals surface area contributed by atoms with E-state index in [2.05, 4.69) is 5.32 Å². The number of ether oxygens (including phenoxy) is 7. The molecule has 726 valence electrons. The van der Waals surface area contributed by atoms with E-state index < -0.39 is 51.9 Å². The summed E-state index contributed by atoms with van der Waals surface area (Å²) in [5, 5.41) is 47.3. The lowest BCUT2D eigenvalue weighted by Gasteiger charge is -2.23. The summed E-state index contributed by atoms with van der Waals surface area (Å²) in [7, 11) is -3.65. The molecule has 7 amide bonds. The number of aliphatic hydroxyl groups is 4. The van der Waals surface area contributed by atoms with Crippen LogP contribution < -0.4 is 34.0 Å². The van der Waals surface area contributed by atoms with E-state index >= 15 is 0 Å². The zero-order chi connectivity index (χ0) is 94.7. The molecule has 7 aromatic rings. The first-order valence-corrected chi connectivity index (χ1v) is 45.3. The Morgan fingerprint density at radius 3 is 0.803 bits per heavy atom. The topological polar surface area (TPSA) is 507 Å². The van der Waals surface area contributed by atoms with Crippen molar-refractivity contribution in [2.75, 3.05) is 123 Å². The third-order valence-corrected chi connectivity index (χ3v) is 22.7. The fraction of sp³-hybridized carbons (Fsp3) is 0.457. The Morgan fingerprint density at radius 1 is 0.379 bits per heavy atom. The van der Waals surface area contributed by atoms with E-state index in [9.17, 15) is 46.8 Å². The van der Waals surface area contributed by atoms with Gasteiger partial charge < -0.3 is 122 Å². The Balaban J connectivity index is 0.000000276. The molecule has 40 heteroatoms. The van der Waals surface area contributed by atoms with Gasteiger partial charge in [0.2, 0.25) is 0 Å². The van der Waals surface area contributed by atoms with Gasteiger partial charge in [0.1, 0.15) is 45.2 Å². The largest absolute Gasteiger partial charge is 0.479 e. The Kier molecular flexibility index (Phi) is 49.8. The molecule has 0 aliphatic carbocycles. The molecule has 35 nitrogen and oxygen atoms in total. The maximum atomic E-state index is 12.4. The zero-order valence-corrected chi connectivity index (χ0v) is 78.3. The molecular formula is C92H126Cl4N12O23S. The average molecular weight is 1940 g/mol. The minimum atomic E-state index is -3.65. The second-order valence-corrected chi connectivity index (χ2v) is 35.1. The zero-order valence-electron chi connectivity index (χ0n) is 74.3. The molecule has 7 aromatic carbocycles. The number of nitrogens with one attached hydrogen (secondary N) is 1. The van der Waals surface area contributed by atoms with Crippen LogP contribution in [-0.2, 0) is 91.9 Å². The lowest BCUT2D eigenvalue weighted by Crippen LogP contribution is -2.44. The van der Waals surface area contributed by atoms with Crippen LogP contribution in [-0.4, -0.2) is 277 Å². The molecule has 132 heavy (non-hydrogen) atoms. The summed E-state index contributed by atoms with van der Waals surface area (Å²) < 4.78 is 64.2. The van der Waals surface area contributed by atoms with Crippen LogP contribution >= 0.6 is 48.0 Å². The van der Waals surface area contributed by atoms with Crippen molar-refractivity contribution in [2.24, 2.45) is 64.2 Å². The Morgan fingerprint density at radius 2 is 0.598 bits per heavy atom. The second-order valence-electron chi connectivity index (χ2n) is 32.8. The SMILES string of the molecule is CC(C)(C)OC(=O)N[C@@H]1CN(C(=O)OCc2ccccc2)C[C@@H]1COS(C)(=O)=O.Cl.Cl.NC1CN(C(=O)OCc2ccccc2)CC1CO.N[C@@H]1CN(C(=O)OCc2ccccc2)C[C@@H]1CCl.N[C@@H]1CN(C(=O)OCc2ccccc2)C[C@@H]1CCl.N[C@@H]1CN(C(=O)OCc2ccccc2)C[C@@H]1CO.N[C@@H]1CN(C(=O)OCc2ccccc2)C[C@@H]1CO.O=C(O)[C@@H](O)c1ccccc1. The minimum Gasteiger partial charge on any atom is -0.479 e. The van der Waals surface area contributed by atoms with E-state index in [1.165, 1.54) is 4.90 Å². The highest BCUT2D eigenvalue weighted by Crippen LogP contribution is 2.25.